The first-order chi connectivity index (χ1) is 8.22. The van der Waals surface area contributed by atoms with Gasteiger partial charge in [-0.05, 0) is 18.1 Å². The second-order valence-corrected chi connectivity index (χ2v) is 5.06. The SMILES string of the molecule is NCCC(=O)NC1CCSc2c(F)cccc21. The van der Waals surface area contributed by atoms with Crippen LogP contribution in [0.1, 0.15) is 24.4 Å². The van der Waals surface area contributed by atoms with Crippen LogP contribution in [0.25, 0.3) is 0 Å². The monoisotopic (exact) mass is 254 g/mol. The molecule has 0 fully saturated rings. The van der Waals surface area contributed by atoms with Crippen LogP contribution in [0.4, 0.5) is 4.39 Å². The zero-order valence-corrected chi connectivity index (χ0v) is 10.2. The molecule has 92 valence electrons. The van der Waals surface area contributed by atoms with Gasteiger partial charge in [-0.3, -0.25) is 4.79 Å². The van der Waals surface area contributed by atoms with Gasteiger partial charge in [0.25, 0.3) is 0 Å². The molecule has 5 heteroatoms. The number of halogens is 1. The highest BCUT2D eigenvalue weighted by Crippen LogP contribution is 2.37. The Hall–Kier alpha value is -1.07. The molecule has 17 heavy (non-hydrogen) atoms. The Labute approximate surface area is 104 Å². The van der Waals surface area contributed by atoms with Gasteiger partial charge in [-0.15, -0.1) is 11.8 Å². The van der Waals surface area contributed by atoms with E-state index in [-0.39, 0.29) is 17.8 Å². The number of amides is 1. The molecule has 3 nitrogen and oxygen atoms in total. The summed E-state index contributed by atoms with van der Waals surface area (Å²) < 4.78 is 13.6. The molecule has 1 aromatic carbocycles. The third kappa shape index (κ3) is 2.79. The lowest BCUT2D eigenvalue weighted by molar-refractivity contribution is -0.121. The van der Waals surface area contributed by atoms with Gasteiger partial charge in [-0.2, -0.15) is 0 Å². The van der Waals surface area contributed by atoms with Gasteiger partial charge < -0.3 is 11.1 Å². The van der Waals surface area contributed by atoms with Crippen LogP contribution >= 0.6 is 11.8 Å². The number of benzene rings is 1. The van der Waals surface area contributed by atoms with Gasteiger partial charge in [0, 0.05) is 23.6 Å². The van der Waals surface area contributed by atoms with Crippen LogP contribution in [-0.4, -0.2) is 18.2 Å². The van der Waals surface area contributed by atoms with Crippen molar-refractivity contribution in [1.29, 1.82) is 0 Å². The number of hydrogen-bond acceptors (Lipinski definition) is 3. The molecule has 1 aromatic rings. The topological polar surface area (TPSA) is 55.1 Å². The third-order valence-electron chi connectivity index (χ3n) is 2.73. The van der Waals surface area contributed by atoms with Crippen LogP contribution in [-0.2, 0) is 4.79 Å². The molecule has 0 saturated carbocycles. The van der Waals surface area contributed by atoms with Crippen molar-refractivity contribution in [1.82, 2.24) is 5.32 Å². The van der Waals surface area contributed by atoms with E-state index < -0.39 is 0 Å². The average Bonchev–Trinajstić information content (AvgIpc) is 2.31. The first kappa shape index (κ1) is 12.4. The minimum Gasteiger partial charge on any atom is -0.349 e. The molecule has 0 aromatic heterocycles. The average molecular weight is 254 g/mol. The van der Waals surface area contributed by atoms with Crippen molar-refractivity contribution < 1.29 is 9.18 Å². The summed E-state index contributed by atoms with van der Waals surface area (Å²) in [4.78, 5) is 12.2. The third-order valence-corrected chi connectivity index (χ3v) is 3.89. The standard InChI is InChI=1S/C12H15FN2OS/c13-9-3-1-2-8-10(5-7-17-12(8)9)15-11(16)4-6-14/h1-3,10H,4-7,14H2,(H,15,16). The Morgan fingerprint density at radius 3 is 3.18 bits per heavy atom. The van der Waals surface area contributed by atoms with Gasteiger partial charge in [0.1, 0.15) is 5.82 Å². The molecule has 1 aliphatic heterocycles. The molecule has 0 saturated heterocycles. The van der Waals surface area contributed by atoms with Gasteiger partial charge in [0.05, 0.1) is 6.04 Å². The second-order valence-electron chi connectivity index (χ2n) is 3.95. The van der Waals surface area contributed by atoms with Crippen molar-refractivity contribution in [2.75, 3.05) is 12.3 Å². The minimum absolute atomic E-state index is 0.0698. The molecule has 0 radical (unpaired) electrons. The van der Waals surface area contributed by atoms with Crippen LogP contribution in [0.2, 0.25) is 0 Å². The smallest absolute Gasteiger partial charge is 0.221 e. The van der Waals surface area contributed by atoms with E-state index in [1.807, 2.05) is 6.07 Å². The number of fused-ring (bicyclic) bond motifs is 1. The normalized spacial score (nSPS) is 18.6. The van der Waals surface area contributed by atoms with Crippen molar-refractivity contribution in [3.63, 3.8) is 0 Å². The highest BCUT2D eigenvalue weighted by atomic mass is 32.2. The largest absolute Gasteiger partial charge is 0.349 e. The zero-order chi connectivity index (χ0) is 12.3. The fraction of sp³-hybridized carbons (Fsp3) is 0.417. The molecule has 3 N–H and O–H groups in total. The quantitative estimate of drug-likeness (QED) is 0.865. The van der Waals surface area contributed by atoms with E-state index in [0.717, 1.165) is 17.7 Å². The second kappa shape index (κ2) is 5.51. The summed E-state index contributed by atoms with van der Waals surface area (Å²) in [5.74, 6) is 0.548. The van der Waals surface area contributed by atoms with Crippen LogP contribution in [0.15, 0.2) is 23.1 Å². The van der Waals surface area contributed by atoms with Crippen molar-refractivity contribution in [2.24, 2.45) is 5.73 Å². The Morgan fingerprint density at radius 1 is 1.59 bits per heavy atom. The highest BCUT2D eigenvalue weighted by molar-refractivity contribution is 7.99. The fourth-order valence-electron chi connectivity index (χ4n) is 1.93. The first-order valence-electron chi connectivity index (χ1n) is 5.63. The molecule has 1 amide bonds. The summed E-state index contributed by atoms with van der Waals surface area (Å²) in [6.45, 7) is 0.337. The summed E-state index contributed by atoms with van der Waals surface area (Å²) in [5.41, 5.74) is 6.21. The number of hydrogen-bond donors (Lipinski definition) is 2. The van der Waals surface area contributed by atoms with Crippen LogP contribution < -0.4 is 11.1 Å². The highest BCUT2D eigenvalue weighted by Gasteiger charge is 2.23. The lowest BCUT2D eigenvalue weighted by Crippen LogP contribution is -2.32. The number of nitrogens with one attached hydrogen (secondary N) is 1. The van der Waals surface area contributed by atoms with Gasteiger partial charge in [0.2, 0.25) is 5.91 Å². The summed E-state index contributed by atoms with van der Waals surface area (Å²) in [6, 6.07) is 4.93. The van der Waals surface area contributed by atoms with Gasteiger partial charge in [0.15, 0.2) is 0 Å². The predicted molar refractivity (Wildman–Crippen MR) is 66.3 cm³/mol. The molecule has 1 atom stereocenters. The summed E-state index contributed by atoms with van der Waals surface area (Å²) in [6.07, 6.45) is 1.14. The minimum atomic E-state index is -0.203. The van der Waals surface area contributed by atoms with Crippen molar-refractivity contribution in [3.05, 3.63) is 29.6 Å². The number of rotatable bonds is 3. The van der Waals surface area contributed by atoms with Crippen LogP contribution in [0, 0.1) is 5.82 Å². The Balaban J connectivity index is 2.17. The Kier molecular flexibility index (Phi) is 4.02. The summed E-state index contributed by atoms with van der Waals surface area (Å²) in [5, 5.41) is 2.90. The maximum absolute atomic E-state index is 13.6. The predicted octanol–water partition coefficient (Wildman–Crippen LogP) is 1.83. The van der Waals surface area contributed by atoms with Gasteiger partial charge in [-0.25, -0.2) is 4.39 Å². The summed E-state index contributed by atoms with van der Waals surface area (Å²) in [7, 11) is 0. The molecule has 1 heterocycles. The van der Waals surface area contributed by atoms with E-state index in [2.05, 4.69) is 5.32 Å². The van der Waals surface area contributed by atoms with E-state index in [1.165, 1.54) is 17.8 Å². The van der Waals surface area contributed by atoms with Gasteiger partial charge >= 0.3 is 0 Å². The lowest BCUT2D eigenvalue weighted by Gasteiger charge is -2.26. The van der Waals surface area contributed by atoms with Crippen molar-refractivity contribution in [2.45, 2.75) is 23.8 Å². The molecule has 0 spiro atoms. The number of carbonyl (C=O) groups is 1. The Morgan fingerprint density at radius 2 is 2.41 bits per heavy atom. The fourth-order valence-corrected chi connectivity index (χ4v) is 3.07. The van der Waals surface area contributed by atoms with Crippen LogP contribution in [0.5, 0.6) is 0 Å². The van der Waals surface area contributed by atoms with Crippen LogP contribution in [0.3, 0.4) is 0 Å². The zero-order valence-electron chi connectivity index (χ0n) is 9.41. The van der Waals surface area contributed by atoms with E-state index in [9.17, 15) is 9.18 Å². The molecule has 0 bridgehead atoms. The molecule has 2 rings (SSSR count). The molecule has 1 unspecified atom stereocenters. The summed E-state index contributed by atoms with van der Waals surface area (Å²) >= 11 is 1.51. The molecular formula is C12H15FN2OS. The molecular weight excluding hydrogens is 239 g/mol. The van der Waals surface area contributed by atoms with Gasteiger partial charge in [-0.1, -0.05) is 12.1 Å². The maximum atomic E-state index is 13.6. The van der Waals surface area contributed by atoms with E-state index >= 15 is 0 Å². The molecule has 1 aliphatic rings. The van der Waals surface area contributed by atoms with Crippen molar-refractivity contribution in [3.8, 4) is 0 Å². The van der Waals surface area contributed by atoms with Crippen molar-refractivity contribution >= 4 is 17.7 Å². The number of nitrogens with two attached hydrogens (primary N) is 1. The Bertz CT molecular complexity index is 425. The lowest BCUT2D eigenvalue weighted by atomic mass is 10.0. The maximum Gasteiger partial charge on any atom is 0.221 e. The molecule has 0 aliphatic carbocycles. The van der Waals surface area contributed by atoms with E-state index in [0.29, 0.717) is 17.9 Å². The van der Waals surface area contributed by atoms with E-state index in [1.54, 1.807) is 6.07 Å². The number of carbonyl (C=O) groups excluding carboxylic acids is 1. The van der Waals surface area contributed by atoms with E-state index in [4.69, 9.17) is 5.73 Å². The first-order valence-corrected chi connectivity index (χ1v) is 6.61. The number of thioether (sulfide) groups is 1.